The second-order valence-corrected chi connectivity index (χ2v) is 4.78. The van der Waals surface area contributed by atoms with Crippen LogP contribution >= 0.6 is 0 Å². The number of amides is 1. The van der Waals surface area contributed by atoms with Gasteiger partial charge in [0.05, 0.1) is 6.04 Å². The number of pyridine rings is 1. The largest absolute Gasteiger partial charge is 0.349 e. The van der Waals surface area contributed by atoms with E-state index in [9.17, 15) is 4.79 Å². The molecule has 92 valence electrons. The van der Waals surface area contributed by atoms with E-state index in [1.165, 1.54) is 12.8 Å². The molecule has 4 heteroatoms. The normalized spacial score (nSPS) is 18.5. The number of nitrogens with zero attached hydrogens (tertiary/aromatic N) is 1. The van der Waals surface area contributed by atoms with Crippen molar-refractivity contribution in [3.63, 3.8) is 0 Å². The molecule has 0 radical (unpaired) electrons. The van der Waals surface area contributed by atoms with Gasteiger partial charge in [-0.25, -0.2) is 0 Å². The summed E-state index contributed by atoms with van der Waals surface area (Å²) in [5, 5.41) is 2.95. The van der Waals surface area contributed by atoms with Crippen LogP contribution < -0.4 is 11.1 Å². The summed E-state index contributed by atoms with van der Waals surface area (Å²) in [6.07, 6.45) is 6.27. The minimum Gasteiger partial charge on any atom is -0.349 e. The molecule has 1 amide bonds. The fourth-order valence-electron chi connectivity index (χ4n) is 1.92. The van der Waals surface area contributed by atoms with Crippen molar-refractivity contribution in [1.29, 1.82) is 0 Å². The van der Waals surface area contributed by atoms with Gasteiger partial charge in [0.25, 0.3) is 0 Å². The lowest BCUT2D eigenvalue weighted by molar-refractivity contribution is -0.122. The van der Waals surface area contributed by atoms with Crippen molar-refractivity contribution in [2.24, 2.45) is 11.7 Å². The summed E-state index contributed by atoms with van der Waals surface area (Å²) in [5.74, 6) is 0.593. The SMILES string of the molecule is CC(NC(=O)CC(N)C1CC1)c1cccnc1. The fourth-order valence-corrected chi connectivity index (χ4v) is 1.92. The molecule has 1 aromatic rings. The Bertz CT molecular complexity index is 376. The molecule has 0 bridgehead atoms. The molecule has 0 saturated heterocycles. The summed E-state index contributed by atoms with van der Waals surface area (Å²) >= 11 is 0. The molecule has 1 saturated carbocycles. The Hall–Kier alpha value is -1.42. The van der Waals surface area contributed by atoms with E-state index in [4.69, 9.17) is 5.73 Å². The van der Waals surface area contributed by atoms with E-state index in [-0.39, 0.29) is 18.0 Å². The van der Waals surface area contributed by atoms with Crippen molar-refractivity contribution in [3.05, 3.63) is 30.1 Å². The molecule has 3 N–H and O–H groups in total. The minimum atomic E-state index is -0.0115. The van der Waals surface area contributed by atoms with Crippen LogP contribution in [-0.4, -0.2) is 16.9 Å². The fraction of sp³-hybridized carbons (Fsp3) is 0.538. The Morgan fingerprint density at radius 3 is 3.00 bits per heavy atom. The zero-order chi connectivity index (χ0) is 12.3. The van der Waals surface area contributed by atoms with Crippen molar-refractivity contribution < 1.29 is 4.79 Å². The van der Waals surface area contributed by atoms with Gasteiger partial charge in [-0.1, -0.05) is 6.07 Å². The molecule has 2 unspecified atom stereocenters. The smallest absolute Gasteiger partial charge is 0.222 e. The molecular weight excluding hydrogens is 214 g/mol. The number of aromatic nitrogens is 1. The van der Waals surface area contributed by atoms with Crippen molar-refractivity contribution >= 4 is 5.91 Å². The molecule has 0 aliphatic heterocycles. The van der Waals surface area contributed by atoms with Crippen LogP contribution in [-0.2, 0) is 4.79 Å². The molecule has 1 aromatic heterocycles. The summed E-state index contributed by atoms with van der Waals surface area (Å²) in [7, 11) is 0. The van der Waals surface area contributed by atoms with Crippen LogP contribution in [0.1, 0.15) is 37.8 Å². The average molecular weight is 233 g/mol. The van der Waals surface area contributed by atoms with Gasteiger partial charge in [0.15, 0.2) is 0 Å². The summed E-state index contributed by atoms with van der Waals surface area (Å²) in [5.41, 5.74) is 6.94. The van der Waals surface area contributed by atoms with E-state index in [0.29, 0.717) is 12.3 Å². The third-order valence-corrected chi connectivity index (χ3v) is 3.21. The Morgan fingerprint density at radius 2 is 2.41 bits per heavy atom. The standard InChI is InChI=1S/C13H19N3O/c1-9(11-3-2-6-15-8-11)16-13(17)7-12(14)10-4-5-10/h2-3,6,8-10,12H,4-5,7,14H2,1H3,(H,16,17). The number of nitrogens with one attached hydrogen (secondary N) is 1. The number of carbonyl (C=O) groups excluding carboxylic acids is 1. The lowest BCUT2D eigenvalue weighted by Crippen LogP contribution is -2.34. The van der Waals surface area contributed by atoms with Gasteiger partial charge in [-0.2, -0.15) is 0 Å². The van der Waals surface area contributed by atoms with Crippen LogP contribution in [0.4, 0.5) is 0 Å². The number of carbonyl (C=O) groups is 1. The van der Waals surface area contributed by atoms with Crippen LogP contribution in [0.2, 0.25) is 0 Å². The van der Waals surface area contributed by atoms with Crippen molar-refractivity contribution in [1.82, 2.24) is 10.3 Å². The quantitative estimate of drug-likeness (QED) is 0.807. The van der Waals surface area contributed by atoms with Gasteiger partial charge in [-0.3, -0.25) is 9.78 Å². The van der Waals surface area contributed by atoms with Crippen LogP contribution in [0, 0.1) is 5.92 Å². The zero-order valence-electron chi connectivity index (χ0n) is 10.1. The van der Waals surface area contributed by atoms with E-state index >= 15 is 0 Å². The summed E-state index contributed by atoms with van der Waals surface area (Å²) in [6, 6.07) is 3.84. The molecule has 4 nitrogen and oxygen atoms in total. The highest BCUT2D eigenvalue weighted by atomic mass is 16.1. The monoisotopic (exact) mass is 233 g/mol. The topological polar surface area (TPSA) is 68.0 Å². The van der Waals surface area contributed by atoms with Crippen molar-refractivity contribution in [3.8, 4) is 0 Å². The van der Waals surface area contributed by atoms with E-state index in [2.05, 4.69) is 10.3 Å². The highest BCUT2D eigenvalue weighted by Crippen LogP contribution is 2.32. The van der Waals surface area contributed by atoms with Crippen LogP contribution in [0.5, 0.6) is 0 Å². The van der Waals surface area contributed by atoms with Gasteiger partial charge in [0.2, 0.25) is 5.91 Å². The van der Waals surface area contributed by atoms with Crippen molar-refractivity contribution in [2.75, 3.05) is 0 Å². The van der Waals surface area contributed by atoms with Gasteiger partial charge in [-0.15, -0.1) is 0 Å². The summed E-state index contributed by atoms with van der Waals surface area (Å²) in [4.78, 5) is 15.8. The number of hydrogen-bond acceptors (Lipinski definition) is 3. The summed E-state index contributed by atoms with van der Waals surface area (Å²) < 4.78 is 0. The first-order valence-corrected chi connectivity index (χ1v) is 6.11. The molecule has 1 aliphatic rings. The van der Waals surface area contributed by atoms with Crippen LogP contribution in [0.15, 0.2) is 24.5 Å². The molecule has 0 aromatic carbocycles. The molecule has 0 spiro atoms. The van der Waals surface area contributed by atoms with Gasteiger partial charge < -0.3 is 11.1 Å². The third kappa shape index (κ3) is 3.53. The Labute approximate surface area is 102 Å². The Kier molecular flexibility index (Phi) is 3.74. The molecule has 1 heterocycles. The first-order chi connectivity index (χ1) is 8.16. The first kappa shape index (κ1) is 12.0. The third-order valence-electron chi connectivity index (χ3n) is 3.21. The molecule has 17 heavy (non-hydrogen) atoms. The molecule has 2 rings (SSSR count). The molecular formula is C13H19N3O. The first-order valence-electron chi connectivity index (χ1n) is 6.11. The average Bonchev–Trinajstić information content (AvgIpc) is 3.13. The maximum Gasteiger partial charge on any atom is 0.222 e. The minimum absolute atomic E-state index is 0.0115. The van der Waals surface area contributed by atoms with Crippen molar-refractivity contribution in [2.45, 2.75) is 38.3 Å². The van der Waals surface area contributed by atoms with Crippen LogP contribution in [0.25, 0.3) is 0 Å². The summed E-state index contributed by atoms with van der Waals surface area (Å²) in [6.45, 7) is 1.96. The van der Waals surface area contributed by atoms with Gasteiger partial charge in [-0.05, 0) is 37.3 Å². The molecule has 1 fully saturated rings. The number of hydrogen-bond donors (Lipinski definition) is 2. The second kappa shape index (κ2) is 5.27. The van der Waals surface area contributed by atoms with Gasteiger partial charge in [0, 0.05) is 24.9 Å². The van der Waals surface area contributed by atoms with Gasteiger partial charge >= 0.3 is 0 Å². The Balaban J connectivity index is 1.81. The number of rotatable bonds is 5. The predicted molar refractivity (Wildman–Crippen MR) is 66.1 cm³/mol. The number of nitrogens with two attached hydrogens (primary N) is 1. The van der Waals surface area contributed by atoms with E-state index < -0.39 is 0 Å². The molecule has 1 aliphatic carbocycles. The highest BCUT2D eigenvalue weighted by molar-refractivity contribution is 5.77. The van der Waals surface area contributed by atoms with E-state index in [1.807, 2.05) is 19.1 Å². The van der Waals surface area contributed by atoms with Crippen LogP contribution in [0.3, 0.4) is 0 Å². The Morgan fingerprint density at radius 1 is 1.65 bits per heavy atom. The predicted octanol–water partition coefficient (Wildman–Crippen LogP) is 1.39. The maximum atomic E-state index is 11.8. The highest BCUT2D eigenvalue weighted by Gasteiger charge is 2.29. The maximum absolute atomic E-state index is 11.8. The van der Waals surface area contributed by atoms with E-state index in [1.54, 1.807) is 12.4 Å². The lowest BCUT2D eigenvalue weighted by Gasteiger charge is -2.16. The van der Waals surface area contributed by atoms with Gasteiger partial charge in [0.1, 0.15) is 0 Å². The zero-order valence-corrected chi connectivity index (χ0v) is 10.1. The molecule has 2 atom stereocenters. The lowest BCUT2D eigenvalue weighted by atomic mass is 10.1. The van der Waals surface area contributed by atoms with E-state index in [0.717, 1.165) is 5.56 Å². The second-order valence-electron chi connectivity index (χ2n) is 4.78.